The first-order valence-corrected chi connectivity index (χ1v) is 10.3. The highest BCUT2D eigenvalue weighted by atomic mass is 32.2. The molecule has 1 atom stereocenters. The lowest BCUT2D eigenvalue weighted by Gasteiger charge is -2.30. The molecule has 0 spiro atoms. The summed E-state index contributed by atoms with van der Waals surface area (Å²) in [6.45, 7) is 0.827. The molecule has 3 rings (SSSR count). The van der Waals surface area contributed by atoms with E-state index >= 15 is 0 Å². The maximum Gasteiger partial charge on any atom is 0.252 e. The molecule has 1 aliphatic heterocycles. The Kier molecular flexibility index (Phi) is 5.51. The van der Waals surface area contributed by atoms with Gasteiger partial charge in [-0.05, 0) is 42.0 Å². The first-order valence-electron chi connectivity index (χ1n) is 8.02. The van der Waals surface area contributed by atoms with Crippen LogP contribution in [0.3, 0.4) is 0 Å². The van der Waals surface area contributed by atoms with Crippen molar-refractivity contribution in [3.05, 3.63) is 53.2 Å². The quantitative estimate of drug-likeness (QED) is 0.864. The zero-order valence-electron chi connectivity index (χ0n) is 13.5. The lowest BCUT2D eigenvalue weighted by Crippen LogP contribution is -2.45. The van der Waals surface area contributed by atoms with Crippen LogP contribution in [0.2, 0.25) is 0 Å². The number of halogens is 1. The van der Waals surface area contributed by atoms with Crippen molar-refractivity contribution in [2.75, 3.05) is 13.1 Å². The minimum Gasteiger partial charge on any atom is -0.352 e. The van der Waals surface area contributed by atoms with Gasteiger partial charge < -0.3 is 5.32 Å². The fourth-order valence-corrected chi connectivity index (χ4v) is 5.56. The molecule has 1 aromatic carbocycles. The van der Waals surface area contributed by atoms with Crippen molar-refractivity contribution in [2.45, 2.75) is 23.6 Å². The van der Waals surface area contributed by atoms with Crippen molar-refractivity contribution in [1.82, 2.24) is 9.62 Å². The molecule has 1 fully saturated rings. The largest absolute Gasteiger partial charge is 0.352 e. The lowest BCUT2D eigenvalue weighted by molar-refractivity contribution is -0.126. The molecule has 2 heterocycles. The van der Waals surface area contributed by atoms with Crippen LogP contribution in [0.5, 0.6) is 0 Å². The minimum absolute atomic E-state index is 0.176. The Morgan fingerprint density at radius 1 is 1.32 bits per heavy atom. The van der Waals surface area contributed by atoms with Crippen molar-refractivity contribution in [3.63, 3.8) is 0 Å². The van der Waals surface area contributed by atoms with Gasteiger partial charge in [0.25, 0.3) is 10.0 Å². The van der Waals surface area contributed by atoms with E-state index in [1.54, 1.807) is 29.6 Å². The number of hydrogen-bond donors (Lipinski definition) is 1. The third kappa shape index (κ3) is 4.26. The zero-order chi connectivity index (χ0) is 17.9. The van der Waals surface area contributed by atoms with Crippen LogP contribution in [0, 0.1) is 11.7 Å². The van der Waals surface area contributed by atoms with Crippen LogP contribution < -0.4 is 5.32 Å². The SMILES string of the molecule is O=C(NCc1cccc(F)c1)[C@@H]1CCCN(S(=O)(=O)c2cccs2)C1. The summed E-state index contributed by atoms with van der Waals surface area (Å²) in [5.41, 5.74) is 0.673. The Balaban J connectivity index is 1.62. The van der Waals surface area contributed by atoms with Crippen LogP contribution in [-0.2, 0) is 21.4 Å². The van der Waals surface area contributed by atoms with E-state index < -0.39 is 15.9 Å². The van der Waals surface area contributed by atoms with Gasteiger partial charge in [-0.15, -0.1) is 11.3 Å². The van der Waals surface area contributed by atoms with Crippen LogP contribution in [0.4, 0.5) is 4.39 Å². The molecule has 1 N–H and O–H groups in total. The van der Waals surface area contributed by atoms with E-state index in [0.29, 0.717) is 29.2 Å². The number of nitrogens with one attached hydrogen (secondary N) is 1. The van der Waals surface area contributed by atoms with Gasteiger partial charge in [-0.2, -0.15) is 4.31 Å². The number of carbonyl (C=O) groups is 1. The predicted molar refractivity (Wildman–Crippen MR) is 94.0 cm³/mol. The summed E-state index contributed by atoms with van der Waals surface area (Å²) in [6.07, 6.45) is 1.29. The number of hydrogen-bond acceptors (Lipinski definition) is 4. The van der Waals surface area contributed by atoms with Gasteiger partial charge in [0.05, 0.1) is 5.92 Å². The molecular formula is C17H19FN2O3S2. The molecule has 0 saturated carbocycles. The first kappa shape index (κ1) is 18.0. The van der Waals surface area contributed by atoms with Gasteiger partial charge in [0.15, 0.2) is 0 Å². The number of thiophene rings is 1. The Morgan fingerprint density at radius 3 is 2.88 bits per heavy atom. The van der Waals surface area contributed by atoms with Crippen LogP contribution in [0.25, 0.3) is 0 Å². The van der Waals surface area contributed by atoms with E-state index in [-0.39, 0.29) is 24.8 Å². The van der Waals surface area contributed by atoms with Crippen molar-refractivity contribution < 1.29 is 17.6 Å². The predicted octanol–water partition coefficient (Wildman–Crippen LogP) is 2.60. The Hall–Kier alpha value is -1.77. The number of rotatable bonds is 5. The molecular weight excluding hydrogens is 363 g/mol. The highest BCUT2D eigenvalue weighted by Crippen LogP contribution is 2.26. The van der Waals surface area contributed by atoms with E-state index in [0.717, 1.165) is 0 Å². The number of benzene rings is 1. The van der Waals surface area contributed by atoms with Gasteiger partial charge in [0.1, 0.15) is 10.0 Å². The molecule has 0 bridgehead atoms. The molecule has 2 aromatic rings. The second-order valence-electron chi connectivity index (χ2n) is 5.98. The summed E-state index contributed by atoms with van der Waals surface area (Å²) < 4.78 is 40.1. The van der Waals surface area contributed by atoms with Crippen LogP contribution in [-0.4, -0.2) is 31.7 Å². The second-order valence-corrected chi connectivity index (χ2v) is 9.09. The third-order valence-corrected chi connectivity index (χ3v) is 7.44. The second kappa shape index (κ2) is 7.63. The van der Waals surface area contributed by atoms with Gasteiger partial charge in [-0.1, -0.05) is 18.2 Å². The van der Waals surface area contributed by atoms with Crippen LogP contribution in [0.1, 0.15) is 18.4 Å². The third-order valence-electron chi connectivity index (χ3n) is 4.20. The average Bonchev–Trinajstić information content (AvgIpc) is 3.15. The van der Waals surface area contributed by atoms with Crippen molar-refractivity contribution >= 4 is 27.3 Å². The monoisotopic (exact) mass is 382 g/mol. The van der Waals surface area contributed by atoms with E-state index in [4.69, 9.17) is 0 Å². The fourth-order valence-electron chi connectivity index (χ4n) is 2.89. The molecule has 1 saturated heterocycles. The van der Waals surface area contributed by atoms with Gasteiger partial charge in [0, 0.05) is 19.6 Å². The summed E-state index contributed by atoms with van der Waals surface area (Å²) in [6, 6.07) is 9.32. The zero-order valence-corrected chi connectivity index (χ0v) is 15.2. The molecule has 1 aliphatic rings. The van der Waals surface area contributed by atoms with Crippen LogP contribution >= 0.6 is 11.3 Å². The molecule has 0 unspecified atom stereocenters. The Morgan fingerprint density at radius 2 is 2.16 bits per heavy atom. The lowest BCUT2D eigenvalue weighted by atomic mass is 9.99. The number of sulfonamides is 1. The normalized spacial score (nSPS) is 18.8. The maximum atomic E-state index is 13.2. The Labute approximate surface area is 150 Å². The summed E-state index contributed by atoms with van der Waals surface area (Å²) in [4.78, 5) is 12.4. The molecule has 5 nitrogen and oxygen atoms in total. The van der Waals surface area contributed by atoms with Crippen LogP contribution in [0.15, 0.2) is 46.0 Å². The smallest absolute Gasteiger partial charge is 0.252 e. The van der Waals surface area contributed by atoms with Crippen molar-refractivity contribution in [1.29, 1.82) is 0 Å². The minimum atomic E-state index is -3.54. The van der Waals surface area contributed by atoms with E-state index in [1.807, 2.05) is 0 Å². The van der Waals surface area contributed by atoms with Crippen molar-refractivity contribution in [2.24, 2.45) is 5.92 Å². The van der Waals surface area contributed by atoms with Gasteiger partial charge in [-0.25, -0.2) is 12.8 Å². The number of nitrogens with zero attached hydrogens (tertiary/aromatic N) is 1. The number of amides is 1. The highest BCUT2D eigenvalue weighted by Gasteiger charge is 2.33. The molecule has 1 amide bonds. The first-order chi connectivity index (χ1) is 12.0. The molecule has 0 aliphatic carbocycles. The summed E-state index contributed by atoms with van der Waals surface area (Å²) in [7, 11) is -3.54. The molecule has 8 heteroatoms. The van der Waals surface area contributed by atoms with Gasteiger partial charge in [0.2, 0.25) is 5.91 Å². The number of piperidine rings is 1. The number of carbonyl (C=O) groups excluding carboxylic acids is 1. The van der Waals surface area contributed by atoms with E-state index in [9.17, 15) is 17.6 Å². The average molecular weight is 382 g/mol. The summed E-state index contributed by atoms with van der Waals surface area (Å²) in [5.74, 6) is -0.940. The summed E-state index contributed by atoms with van der Waals surface area (Å²) in [5, 5.41) is 4.50. The highest BCUT2D eigenvalue weighted by molar-refractivity contribution is 7.91. The van der Waals surface area contributed by atoms with E-state index in [2.05, 4.69) is 5.32 Å². The summed E-state index contributed by atoms with van der Waals surface area (Å²) >= 11 is 1.18. The van der Waals surface area contributed by atoms with Crippen molar-refractivity contribution in [3.8, 4) is 0 Å². The fraction of sp³-hybridized carbons (Fsp3) is 0.353. The molecule has 0 radical (unpaired) electrons. The maximum absolute atomic E-state index is 13.2. The van der Waals surface area contributed by atoms with Gasteiger partial charge >= 0.3 is 0 Å². The molecule has 134 valence electrons. The topological polar surface area (TPSA) is 66.5 Å². The standard InChI is InChI=1S/C17H19FN2O3S2/c18-15-6-1-4-13(10-15)11-19-17(21)14-5-2-8-20(12-14)25(22,23)16-7-3-9-24-16/h1,3-4,6-7,9-10,14H,2,5,8,11-12H2,(H,19,21)/t14-/m1/s1. The van der Waals surface area contributed by atoms with Gasteiger partial charge in [-0.3, -0.25) is 4.79 Å². The Bertz CT molecular complexity index is 837. The molecule has 1 aromatic heterocycles. The molecule has 25 heavy (non-hydrogen) atoms. The van der Waals surface area contributed by atoms with E-state index in [1.165, 1.54) is 27.8 Å².